The van der Waals surface area contributed by atoms with Gasteiger partial charge in [0, 0.05) is 42.8 Å². The van der Waals surface area contributed by atoms with Crippen molar-refractivity contribution in [1.29, 1.82) is 0 Å². The third kappa shape index (κ3) is 3.90. The van der Waals surface area contributed by atoms with E-state index in [4.69, 9.17) is 10.1 Å². The number of aliphatic hydroxyl groups excluding tert-OH is 1. The van der Waals surface area contributed by atoms with E-state index in [0.29, 0.717) is 5.92 Å². The molecule has 1 aliphatic rings. The molecule has 1 aliphatic heterocycles. The molecule has 0 radical (unpaired) electrons. The van der Waals surface area contributed by atoms with Gasteiger partial charge in [0.2, 0.25) is 5.95 Å². The van der Waals surface area contributed by atoms with Crippen LogP contribution >= 0.6 is 0 Å². The molecule has 24 heavy (non-hydrogen) atoms. The molecule has 0 spiro atoms. The van der Waals surface area contributed by atoms with Crippen LogP contribution in [0.1, 0.15) is 37.1 Å². The van der Waals surface area contributed by atoms with E-state index in [1.54, 1.807) is 0 Å². The van der Waals surface area contributed by atoms with Gasteiger partial charge in [0.05, 0.1) is 5.69 Å². The number of hydrogen-bond acceptors (Lipinski definition) is 5. The summed E-state index contributed by atoms with van der Waals surface area (Å²) in [4.78, 5) is 16.1. The molecule has 0 saturated carbocycles. The Balaban J connectivity index is 1.80. The molecule has 1 saturated heterocycles. The first-order chi connectivity index (χ1) is 11.7. The van der Waals surface area contributed by atoms with E-state index < -0.39 is 0 Å². The summed E-state index contributed by atoms with van der Waals surface area (Å²) in [7, 11) is 0. The molecule has 2 aromatic rings. The van der Waals surface area contributed by atoms with Crippen molar-refractivity contribution >= 4 is 5.95 Å². The molecule has 1 fully saturated rings. The summed E-state index contributed by atoms with van der Waals surface area (Å²) in [5, 5.41) is 9.04. The predicted molar refractivity (Wildman–Crippen MR) is 96.0 cm³/mol. The highest BCUT2D eigenvalue weighted by Gasteiger charge is 2.21. The molecule has 0 aromatic carbocycles. The minimum atomic E-state index is 0.280. The Kier molecular flexibility index (Phi) is 5.41. The largest absolute Gasteiger partial charge is 0.396 e. The van der Waals surface area contributed by atoms with Crippen LogP contribution in [-0.2, 0) is 0 Å². The number of nitrogens with zero attached hydrogens (tertiary/aromatic N) is 4. The molecule has 0 bridgehead atoms. The lowest BCUT2D eigenvalue weighted by molar-refractivity contribution is 0.263. The summed E-state index contributed by atoms with van der Waals surface area (Å²) in [6, 6.07) is 6.07. The summed E-state index contributed by atoms with van der Waals surface area (Å²) in [6.45, 7) is 6.29. The summed E-state index contributed by atoms with van der Waals surface area (Å²) in [5.74, 6) is 1.43. The quantitative estimate of drug-likeness (QED) is 0.914. The normalized spacial score (nSPS) is 18.0. The van der Waals surface area contributed by atoms with Gasteiger partial charge < -0.3 is 10.0 Å². The Labute approximate surface area is 143 Å². The van der Waals surface area contributed by atoms with Crippen LogP contribution < -0.4 is 4.90 Å². The summed E-state index contributed by atoms with van der Waals surface area (Å²) >= 11 is 0. The van der Waals surface area contributed by atoms with Crippen LogP contribution in [0.15, 0.2) is 24.4 Å². The standard InChI is InChI=1S/C19H26N4O/c1-14-7-8-17(15(2)21-14)18-9-10-20-19(22-18)23-11-3-5-16(13-23)6-4-12-24/h7-10,16,24H,3-6,11-13H2,1-2H3/t16-/m1/s1. The molecule has 1 atom stereocenters. The first kappa shape index (κ1) is 16.8. The lowest BCUT2D eigenvalue weighted by Gasteiger charge is -2.32. The van der Waals surface area contributed by atoms with Gasteiger partial charge in [-0.3, -0.25) is 4.98 Å². The van der Waals surface area contributed by atoms with Gasteiger partial charge in [-0.25, -0.2) is 9.97 Å². The zero-order chi connectivity index (χ0) is 16.9. The maximum absolute atomic E-state index is 9.04. The second-order valence-corrected chi connectivity index (χ2v) is 6.65. The van der Waals surface area contributed by atoms with E-state index in [0.717, 1.165) is 60.9 Å². The van der Waals surface area contributed by atoms with Crippen molar-refractivity contribution in [3.05, 3.63) is 35.8 Å². The first-order valence-corrected chi connectivity index (χ1v) is 8.81. The van der Waals surface area contributed by atoms with E-state index in [1.165, 1.54) is 6.42 Å². The third-order valence-electron chi connectivity index (χ3n) is 4.72. The van der Waals surface area contributed by atoms with Gasteiger partial charge in [0.25, 0.3) is 0 Å². The van der Waals surface area contributed by atoms with Gasteiger partial charge in [-0.15, -0.1) is 0 Å². The van der Waals surface area contributed by atoms with Gasteiger partial charge >= 0.3 is 0 Å². The number of hydrogen-bond donors (Lipinski definition) is 1. The van der Waals surface area contributed by atoms with Crippen molar-refractivity contribution in [3.63, 3.8) is 0 Å². The minimum Gasteiger partial charge on any atom is -0.396 e. The van der Waals surface area contributed by atoms with E-state index in [2.05, 4.69) is 20.9 Å². The molecule has 0 unspecified atom stereocenters. The zero-order valence-corrected chi connectivity index (χ0v) is 14.6. The Morgan fingerprint density at radius 1 is 1.21 bits per heavy atom. The zero-order valence-electron chi connectivity index (χ0n) is 14.6. The number of pyridine rings is 1. The molecule has 128 valence electrons. The van der Waals surface area contributed by atoms with Crippen molar-refractivity contribution in [2.45, 2.75) is 39.5 Å². The van der Waals surface area contributed by atoms with Gasteiger partial charge in [-0.05, 0) is 63.6 Å². The Hall–Kier alpha value is -2.01. The minimum absolute atomic E-state index is 0.280. The number of aryl methyl sites for hydroxylation is 2. The van der Waals surface area contributed by atoms with Crippen LogP contribution in [0.5, 0.6) is 0 Å². The van der Waals surface area contributed by atoms with Crippen molar-refractivity contribution < 1.29 is 5.11 Å². The second-order valence-electron chi connectivity index (χ2n) is 6.65. The predicted octanol–water partition coefficient (Wildman–Crippen LogP) is 3.14. The molecular formula is C19H26N4O. The number of rotatable bonds is 5. The highest BCUT2D eigenvalue weighted by molar-refractivity contribution is 5.62. The molecule has 5 nitrogen and oxygen atoms in total. The fourth-order valence-electron chi connectivity index (χ4n) is 3.47. The maximum atomic E-state index is 9.04. The highest BCUT2D eigenvalue weighted by atomic mass is 16.2. The number of anilines is 1. The first-order valence-electron chi connectivity index (χ1n) is 8.81. The van der Waals surface area contributed by atoms with Crippen molar-refractivity contribution in [2.75, 3.05) is 24.6 Å². The lowest BCUT2D eigenvalue weighted by Crippen LogP contribution is -2.36. The summed E-state index contributed by atoms with van der Waals surface area (Å²) in [6.07, 6.45) is 6.20. The maximum Gasteiger partial charge on any atom is 0.225 e. The number of aliphatic hydroxyl groups is 1. The van der Waals surface area contributed by atoms with Crippen molar-refractivity contribution in [1.82, 2.24) is 15.0 Å². The van der Waals surface area contributed by atoms with Crippen molar-refractivity contribution in [3.8, 4) is 11.3 Å². The molecule has 3 rings (SSSR count). The van der Waals surface area contributed by atoms with E-state index in [1.807, 2.05) is 32.2 Å². The Morgan fingerprint density at radius 2 is 2.08 bits per heavy atom. The highest BCUT2D eigenvalue weighted by Crippen LogP contribution is 2.26. The van der Waals surface area contributed by atoms with Crippen LogP contribution in [0.2, 0.25) is 0 Å². The van der Waals surface area contributed by atoms with Crippen molar-refractivity contribution in [2.24, 2.45) is 5.92 Å². The van der Waals surface area contributed by atoms with Crippen LogP contribution in [0.4, 0.5) is 5.95 Å². The molecule has 3 heterocycles. The van der Waals surface area contributed by atoms with E-state index in [-0.39, 0.29) is 6.61 Å². The Bertz CT molecular complexity index is 689. The van der Waals surface area contributed by atoms with Gasteiger partial charge in [-0.1, -0.05) is 0 Å². The van der Waals surface area contributed by atoms with Crippen LogP contribution in [-0.4, -0.2) is 39.8 Å². The smallest absolute Gasteiger partial charge is 0.225 e. The lowest BCUT2D eigenvalue weighted by atomic mass is 9.94. The molecule has 2 aromatic heterocycles. The molecule has 1 N–H and O–H groups in total. The van der Waals surface area contributed by atoms with E-state index in [9.17, 15) is 0 Å². The van der Waals surface area contributed by atoms with Crippen LogP contribution in [0.25, 0.3) is 11.3 Å². The second kappa shape index (κ2) is 7.71. The molecule has 5 heteroatoms. The SMILES string of the molecule is Cc1ccc(-c2ccnc(N3CCC[C@H](CCCO)C3)n2)c(C)n1. The van der Waals surface area contributed by atoms with E-state index >= 15 is 0 Å². The fraction of sp³-hybridized carbons (Fsp3) is 0.526. The summed E-state index contributed by atoms with van der Waals surface area (Å²) < 4.78 is 0. The topological polar surface area (TPSA) is 62.1 Å². The molecule has 0 aliphatic carbocycles. The van der Waals surface area contributed by atoms with Crippen LogP contribution in [0, 0.1) is 19.8 Å². The third-order valence-corrected chi connectivity index (χ3v) is 4.72. The Morgan fingerprint density at radius 3 is 2.88 bits per heavy atom. The van der Waals surface area contributed by atoms with Gasteiger partial charge in [0.15, 0.2) is 0 Å². The monoisotopic (exact) mass is 326 g/mol. The van der Waals surface area contributed by atoms with Gasteiger partial charge in [0.1, 0.15) is 0 Å². The average Bonchev–Trinajstić information content (AvgIpc) is 2.60. The molecule has 0 amide bonds. The van der Waals surface area contributed by atoms with Crippen LogP contribution in [0.3, 0.4) is 0 Å². The number of piperidine rings is 1. The fourth-order valence-corrected chi connectivity index (χ4v) is 3.47. The average molecular weight is 326 g/mol. The summed E-state index contributed by atoms with van der Waals surface area (Å²) in [5.41, 5.74) is 4.02. The number of aromatic nitrogens is 3. The van der Waals surface area contributed by atoms with Gasteiger partial charge in [-0.2, -0.15) is 0 Å². The molecular weight excluding hydrogens is 300 g/mol.